The molecular weight excluding hydrogens is 176 g/mol. The van der Waals surface area contributed by atoms with Crippen LogP contribution in [0.25, 0.3) is 5.57 Å². The van der Waals surface area contributed by atoms with Crippen LogP contribution in [-0.2, 0) is 4.79 Å². The van der Waals surface area contributed by atoms with E-state index in [0.717, 1.165) is 17.8 Å². The third-order valence-electron chi connectivity index (χ3n) is 2.49. The molecule has 0 atom stereocenters. The molecule has 0 bridgehead atoms. The predicted molar refractivity (Wildman–Crippen MR) is 54.7 cm³/mol. The van der Waals surface area contributed by atoms with E-state index in [2.05, 4.69) is 13.8 Å². The Morgan fingerprint density at radius 3 is 2.71 bits per heavy atom. The van der Waals surface area contributed by atoms with Gasteiger partial charge >= 0.3 is 0 Å². The van der Waals surface area contributed by atoms with Crippen molar-refractivity contribution in [3.63, 3.8) is 0 Å². The van der Waals surface area contributed by atoms with Crippen molar-refractivity contribution in [2.24, 2.45) is 5.41 Å². The lowest BCUT2D eigenvalue weighted by Gasteiger charge is -2.27. The Morgan fingerprint density at radius 1 is 1.36 bits per heavy atom. The van der Waals surface area contributed by atoms with Gasteiger partial charge in [0.25, 0.3) is 0 Å². The monoisotopic (exact) mass is 190 g/mol. The summed E-state index contributed by atoms with van der Waals surface area (Å²) in [6.07, 6.45) is 4.90. The summed E-state index contributed by atoms with van der Waals surface area (Å²) in [5.41, 5.74) is 1.09. The molecule has 0 unspecified atom stereocenters. The quantitative estimate of drug-likeness (QED) is 0.681. The molecule has 1 aromatic rings. The molecule has 0 spiro atoms. The van der Waals surface area contributed by atoms with Crippen LogP contribution in [0.1, 0.15) is 32.4 Å². The fourth-order valence-electron chi connectivity index (χ4n) is 1.97. The van der Waals surface area contributed by atoms with Crippen LogP contribution in [0.2, 0.25) is 0 Å². The van der Waals surface area contributed by atoms with E-state index < -0.39 is 0 Å². The van der Waals surface area contributed by atoms with E-state index in [9.17, 15) is 4.79 Å². The molecule has 0 saturated heterocycles. The highest BCUT2D eigenvalue weighted by Crippen LogP contribution is 2.37. The van der Waals surface area contributed by atoms with Gasteiger partial charge in [-0.05, 0) is 35.6 Å². The minimum Gasteiger partial charge on any atom is -0.465 e. The second-order valence-electron chi connectivity index (χ2n) is 4.63. The van der Waals surface area contributed by atoms with E-state index in [1.165, 1.54) is 0 Å². The Balaban J connectivity index is 2.33. The molecule has 0 aromatic carbocycles. The highest BCUT2D eigenvalue weighted by atomic mass is 16.3. The van der Waals surface area contributed by atoms with Crippen molar-refractivity contribution in [1.82, 2.24) is 0 Å². The van der Waals surface area contributed by atoms with Gasteiger partial charge in [-0.15, -0.1) is 0 Å². The predicted octanol–water partition coefficient (Wildman–Crippen LogP) is 3.05. The fourth-order valence-corrected chi connectivity index (χ4v) is 1.97. The highest BCUT2D eigenvalue weighted by Gasteiger charge is 2.28. The zero-order chi connectivity index (χ0) is 10.2. The summed E-state index contributed by atoms with van der Waals surface area (Å²) >= 11 is 0. The first-order chi connectivity index (χ1) is 6.57. The van der Waals surface area contributed by atoms with Gasteiger partial charge in [0.1, 0.15) is 5.76 Å². The van der Waals surface area contributed by atoms with Crippen molar-refractivity contribution in [2.75, 3.05) is 0 Å². The molecule has 1 heterocycles. The standard InChI is InChI=1S/C12H14O2/c1-12(2)7-9(6-10(13)8-12)11-4-3-5-14-11/h3-6H,7-8H2,1-2H3. The minimum absolute atomic E-state index is 0.0634. The van der Waals surface area contributed by atoms with Crippen LogP contribution in [0, 0.1) is 5.41 Å². The van der Waals surface area contributed by atoms with Gasteiger partial charge in [0.2, 0.25) is 0 Å². The number of carbonyl (C=O) groups excluding carboxylic acids is 1. The number of hydrogen-bond acceptors (Lipinski definition) is 2. The maximum absolute atomic E-state index is 11.5. The molecule has 0 N–H and O–H groups in total. The number of ketones is 1. The van der Waals surface area contributed by atoms with E-state index in [4.69, 9.17) is 4.42 Å². The maximum atomic E-state index is 11.5. The van der Waals surface area contributed by atoms with Crippen molar-refractivity contribution in [1.29, 1.82) is 0 Å². The van der Waals surface area contributed by atoms with Crippen molar-refractivity contribution in [2.45, 2.75) is 26.7 Å². The summed E-state index contributed by atoms with van der Waals surface area (Å²) in [6.45, 7) is 4.22. The van der Waals surface area contributed by atoms with Crippen molar-refractivity contribution in [3.05, 3.63) is 30.2 Å². The molecule has 14 heavy (non-hydrogen) atoms. The summed E-state index contributed by atoms with van der Waals surface area (Å²) < 4.78 is 5.29. The summed E-state index contributed by atoms with van der Waals surface area (Å²) in [7, 11) is 0. The number of carbonyl (C=O) groups is 1. The van der Waals surface area contributed by atoms with E-state index in [1.807, 2.05) is 12.1 Å². The summed E-state index contributed by atoms with van der Waals surface area (Å²) in [4.78, 5) is 11.5. The zero-order valence-electron chi connectivity index (χ0n) is 8.54. The van der Waals surface area contributed by atoms with Gasteiger partial charge in [-0.3, -0.25) is 4.79 Å². The van der Waals surface area contributed by atoms with Gasteiger partial charge in [0.05, 0.1) is 6.26 Å². The number of furan rings is 1. The first-order valence-electron chi connectivity index (χ1n) is 4.84. The van der Waals surface area contributed by atoms with Crippen molar-refractivity contribution >= 4 is 11.4 Å². The Hall–Kier alpha value is -1.31. The summed E-state index contributed by atoms with van der Waals surface area (Å²) in [5, 5.41) is 0. The Labute approximate surface area is 83.6 Å². The molecule has 0 aliphatic heterocycles. The molecule has 1 aliphatic rings. The molecule has 1 aliphatic carbocycles. The van der Waals surface area contributed by atoms with Gasteiger partial charge in [0.15, 0.2) is 5.78 Å². The van der Waals surface area contributed by atoms with Crippen molar-refractivity contribution in [3.8, 4) is 0 Å². The van der Waals surface area contributed by atoms with Gasteiger partial charge in [0, 0.05) is 6.42 Å². The van der Waals surface area contributed by atoms with Crippen molar-refractivity contribution < 1.29 is 9.21 Å². The van der Waals surface area contributed by atoms with Gasteiger partial charge in [-0.2, -0.15) is 0 Å². The summed E-state index contributed by atoms with van der Waals surface area (Å²) in [5.74, 6) is 1.03. The SMILES string of the molecule is CC1(C)CC(=O)C=C(c2ccco2)C1. The number of rotatable bonds is 1. The molecule has 0 radical (unpaired) electrons. The highest BCUT2D eigenvalue weighted by molar-refractivity contribution is 5.98. The lowest BCUT2D eigenvalue weighted by atomic mass is 9.76. The number of allylic oxidation sites excluding steroid dienone is 2. The van der Waals surface area contributed by atoms with Crippen LogP contribution in [0.15, 0.2) is 28.9 Å². The molecule has 2 heteroatoms. The second-order valence-corrected chi connectivity index (χ2v) is 4.63. The minimum atomic E-state index is 0.0634. The lowest BCUT2D eigenvalue weighted by molar-refractivity contribution is -0.116. The largest absolute Gasteiger partial charge is 0.465 e. The molecule has 1 aromatic heterocycles. The van der Waals surface area contributed by atoms with Crippen LogP contribution < -0.4 is 0 Å². The van der Waals surface area contributed by atoms with Crippen LogP contribution >= 0.6 is 0 Å². The molecule has 0 fully saturated rings. The molecule has 2 nitrogen and oxygen atoms in total. The molecule has 74 valence electrons. The average Bonchev–Trinajstić information content (AvgIpc) is 2.51. The Kier molecular flexibility index (Phi) is 2.06. The Morgan fingerprint density at radius 2 is 2.14 bits per heavy atom. The first kappa shape index (κ1) is 9.25. The fraction of sp³-hybridized carbons (Fsp3) is 0.417. The van der Waals surface area contributed by atoms with Crippen LogP contribution in [0.5, 0.6) is 0 Å². The lowest BCUT2D eigenvalue weighted by Crippen LogP contribution is -2.21. The smallest absolute Gasteiger partial charge is 0.156 e. The van der Waals surface area contributed by atoms with Gasteiger partial charge in [-0.1, -0.05) is 13.8 Å². The average molecular weight is 190 g/mol. The first-order valence-corrected chi connectivity index (χ1v) is 4.84. The van der Waals surface area contributed by atoms with E-state index in [-0.39, 0.29) is 11.2 Å². The topological polar surface area (TPSA) is 30.2 Å². The van der Waals surface area contributed by atoms with Crippen LogP contribution in [-0.4, -0.2) is 5.78 Å². The van der Waals surface area contributed by atoms with Crippen LogP contribution in [0.4, 0.5) is 0 Å². The van der Waals surface area contributed by atoms with E-state index in [0.29, 0.717) is 6.42 Å². The molecule has 0 saturated carbocycles. The molecular formula is C12H14O2. The summed E-state index contributed by atoms with van der Waals surface area (Å²) in [6, 6.07) is 3.75. The van der Waals surface area contributed by atoms with E-state index >= 15 is 0 Å². The number of hydrogen-bond donors (Lipinski definition) is 0. The normalized spacial score (nSPS) is 20.7. The maximum Gasteiger partial charge on any atom is 0.156 e. The Bertz CT molecular complexity index is 369. The third-order valence-corrected chi connectivity index (χ3v) is 2.49. The molecule has 0 amide bonds. The zero-order valence-corrected chi connectivity index (χ0v) is 8.54. The molecule has 2 rings (SSSR count). The van der Waals surface area contributed by atoms with Crippen LogP contribution in [0.3, 0.4) is 0 Å². The van der Waals surface area contributed by atoms with E-state index in [1.54, 1.807) is 12.3 Å². The van der Waals surface area contributed by atoms with Gasteiger partial charge < -0.3 is 4.42 Å². The third kappa shape index (κ3) is 1.79. The van der Waals surface area contributed by atoms with Gasteiger partial charge in [-0.25, -0.2) is 0 Å². The second kappa shape index (κ2) is 3.12.